The number of carbonyl (C=O) groups excluding carboxylic acids is 2. The van der Waals surface area contributed by atoms with Gasteiger partial charge in [-0.1, -0.05) is 32.0 Å². The topological polar surface area (TPSA) is 139 Å². The van der Waals surface area contributed by atoms with Crippen LogP contribution in [-0.4, -0.2) is 49.1 Å². The zero-order valence-corrected chi connectivity index (χ0v) is 18.0. The van der Waals surface area contributed by atoms with Crippen molar-refractivity contribution in [3.8, 4) is 0 Å². The Hall–Kier alpha value is -3.31. The van der Waals surface area contributed by atoms with Crippen molar-refractivity contribution in [3.63, 3.8) is 0 Å². The van der Waals surface area contributed by atoms with E-state index in [0.29, 0.717) is 18.7 Å². The second-order valence-electron chi connectivity index (χ2n) is 6.50. The largest absolute Gasteiger partial charge is 0.350 e. The highest BCUT2D eigenvalue weighted by molar-refractivity contribution is 7.89. The van der Waals surface area contributed by atoms with E-state index in [1.807, 2.05) is 0 Å². The van der Waals surface area contributed by atoms with E-state index in [-0.39, 0.29) is 29.2 Å². The Balaban J connectivity index is 1.88. The summed E-state index contributed by atoms with van der Waals surface area (Å²) in [7, 11) is -3.55. The van der Waals surface area contributed by atoms with Gasteiger partial charge in [-0.2, -0.15) is 4.31 Å². The number of nitro benzene ring substituents is 1. The number of benzene rings is 2. The van der Waals surface area contributed by atoms with Crippen LogP contribution in [0.1, 0.15) is 29.8 Å². The van der Waals surface area contributed by atoms with Crippen molar-refractivity contribution >= 4 is 27.5 Å². The Kier molecular flexibility index (Phi) is 8.22. The zero-order valence-electron chi connectivity index (χ0n) is 17.2. The maximum atomic E-state index is 12.5. The number of hydrogen-bond donors (Lipinski definition) is 2. The minimum atomic E-state index is -3.55. The van der Waals surface area contributed by atoms with Crippen LogP contribution < -0.4 is 10.6 Å². The lowest BCUT2D eigenvalue weighted by Gasteiger charge is -2.18. The Bertz CT molecular complexity index is 1050. The zero-order chi connectivity index (χ0) is 23.0. The van der Waals surface area contributed by atoms with E-state index >= 15 is 0 Å². The molecule has 0 radical (unpaired) electrons. The number of sulfonamides is 1. The molecule has 0 heterocycles. The van der Waals surface area contributed by atoms with E-state index in [1.165, 1.54) is 34.6 Å². The van der Waals surface area contributed by atoms with Crippen molar-refractivity contribution in [1.82, 2.24) is 14.9 Å². The third-order valence-corrected chi connectivity index (χ3v) is 6.55. The van der Waals surface area contributed by atoms with Crippen LogP contribution in [0.3, 0.4) is 0 Å². The number of rotatable bonds is 10. The molecule has 166 valence electrons. The van der Waals surface area contributed by atoms with Crippen molar-refractivity contribution in [2.45, 2.75) is 25.3 Å². The smallest absolute Gasteiger partial charge is 0.270 e. The van der Waals surface area contributed by atoms with Crippen molar-refractivity contribution in [3.05, 3.63) is 69.8 Å². The molecule has 0 bridgehead atoms. The van der Waals surface area contributed by atoms with Crippen LogP contribution in [0.25, 0.3) is 0 Å². The molecule has 0 aromatic heterocycles. The normalized spacial score (nSPS) is 11.2. The number of amides is 2. The van der Waals surface area contributed by atoms with Gasteiger partial charge in [0.2, 0.25) is 15.9 Å². The highest BCUT2D eigenvalue weighted by Crippen LogP contribution is 2.16. The van der Waals surface area contributed by atoms with Gasteiger partial charge in [-0.25, -0.2) is 8.42 Å². The molecule has 0 saturated heterocycles. The fourth-order valence-electron chi connectivity index (χ4n) is 2.78. The number of carbonyl (C=O) groups is 2. The summed E-state index contributed by atoms with van der Waals surface area (Å²) in [6.45, 7) is 4.12. The number of nitrogens with one attached hydrogen (secondary N) is 2. The van der Waals surface area contributed by atoms with Crippen LogP contribution >= 0.6 is 0 Å². The van der Waals surface area contributed by atoms with E-state index in [1.54, 1.807) is 26.0 Å². The van der Waals surface area contributed by atoms with E-state index in [9.17, 15) is 28.1 Å². The maximum Gasteiger partial charge on any atom is 0.270 e. The first kappa shape index (κ1) is 24.0. The number of hydrogen-bond acceptors (Lipinski definition) is 6. The average molecular weight is 449 g/mol. The van der Waals surface area contributed by atoms with Crippen molar-refractivity contribution < 1.29 is 22.9 Å². The lowest BCUT2D eigenvalue weighted by atomic mass is 10.2. The molecule has 2 aromatic rings. The summed E-state index contributed by atoms with van der Waals surface area (Å²) in [5, 5.41) is 15.8. The molecule has 10 nitrogen and oxygen atoms in total. The van der Waals surface area contributed by atoms with Crippen LogP contribution in [0.5, 0.6) is 0 Å². The lowest BCUT2D eigenvalue weighted by molar-refractivity contribution is -0.384. The van der Waals surface area contributed by atoms with E-state index in [4.69, 9.17) is 0 Å². The minimum absolute atomic E-state index is 0.0759. The van der Waals surface area contributed by atoms with Crippen LogP contribution in [0.15, 0.2) is 53.4 Å². The van der Waals surface area contributed by atoms with E-state index in [0.717, 1.165) is 6.07 Å². The first-order valence-corrected chi connectivity index (χ1v) is 11.0. The van der Waals surface area contributed by atoms with Gasteiger partial charge in [0.15, 0.2) is 0 Å². The van der Waals surface area contributed by atoms with Gasteiger partial charge in [-0.05, 0) is 23.8 Å². The van der Waals surface area contributed by atoms with Crippen LogP contribution in [0, 0.1) is 10.1 Å². The molecular weight excluding hydrogens is 424 g/mol. The first-order chi connectivity index (χ1) is 14.7. The summed E-state index contributed by atoms with van der Waals surface area (Å²) in [5.74, 6) is -1.07. The fraction of sp³-hybridized carbons (Fsp3) is 0.300. The molecule has 0 aliphatic rings. The predicted molar refractivity (Wildman–Crippen MR) is 114 cm³/mol. The Morgan fingerprint density at radius 3 is 2.26 bits per heavy atom. The fourth-order valence-corrected chi connectivity index (χ4v) is 4.24. The van der Waals surface area contributed by atoms with Gasteiger partial charge in [0.25, 0.3) is 11.6 Å². The molecule has 2 N–H and O–H groups in total. The standard InChI is InChI=1S/C20H24N4O6S/c1-3-23(4-2)31(29,30)18-10-8-15(9-11-18)13-21-19(25)14-22-20(26)16-6-5-7-17(12-16)24(27)28/h5-12H,3-4,13-14H2,1-2H3,(H,21,25)(H,22,26). The van der Waals surface area contributed by atoms with Gasteiger partial charge in [-0.15, -0.1) is 0 Å². The lowest BCUT2D eigenvalue weighted by Crippen LogP contribution is -2.36. The Morgan fingerprint density at radius 1 is 1.03 bits per heavy atom. The number of nitro groups is 1. The minimum Gasteiger partial charge on any atom is -0.350 e. The maximum absolute atomic E-state index is 12.5. The van der Waals surface area contributed by atoms with E-state index in [2.05, 4.69) is 10.6 Å². The third kappa shape index (κ3) is 6.33. The molecule has 0 fully saturated rings. The molecular formula is C20H24N4O6S. The summed E-state index contributed by atoms with van der Waals surface area (Å²) >= 11 is 0. The third-order valence-electron chi connectivity index (χ3n) is 4.48. The number of nitrogens with zero attached hydrogens (tertiary/aromatic N) is 2. The second kappa shape index (κ2) is 10.6. The molecule has 0 saturated carbocycles. The summed E-state index contributed by atoms with van der Waals surface area (Å²) < 4.78 is 26.3. The monoisotopic (exact) mass is 448 g/mol. The molecule has 0 aliphatic heterocycles. The number of non-ortho nitro benzene ring substituents is 1. The van der Waals surface area contributed by atoms with Gasteiger partial charge in [0.1, 0.15) is 0 Å². The van der Waals surface area contributed by atoms with Crippen LogP contribution in [-0.2, 0) is 21.4 Å². The van der Waals surface area contributed by atoms with Gasteiger partial charge >= 0.3 is 0 Å². The molecule has 0 spiro atoms. The average Bonchev–Trinajstić information content (AvgIpc) is 2.77. The van der Waals surface area contributed by atoms with Crippen molar-refractivity contribution in [1.29, 1.82) is 0 Å². The van der Waals surface area contributed by atoms with Crippen LogP contribution in [0.2, 0.25) is 0 Å². The highest BCUT2D eigenvalue weighted by atomic mass is 32.2. The molecule has 0 unspecified atom stereocenters. The summed E-state index contributed by atoms with van der Waals surface area (Å²) in [6.07, 6.45) is 0. The summed E-state index contributed by atoms with van der Waals surface area (Å²) in [4.78, 5) is 34.4. The molecule has 2 aromatic carbocycles. The molecule has 2 amide bonds. The van der Waals surface area contributed by atoms with Gasteiger partial charge in [-0.3, -0.25) is 19.7 Å². The van der Waals surface area contributed by atoms with Gasteiger partial charge in [0, 0.05) is 37.3 Å². The molecule has 2 rings (SSSR count). The quantitative estimate of drug-likeness (QED) is 0.419. The van der Waals surface area contributed by atoms with Gasteiger partial charge < -0.3 is 10.6 Å². The van der Waals surface area contributed by atoms with Crippen molar-refractivity contribution in [2.75, 3.05) is 19.6 Å². The SMILES string of the molecule is CCN(CC)S(=O)(=O)c1ccc(CNC(=O)CNC(=O)c2cccc([N+](=O)[O-])c2)cc1. The molecule has 11 heteroatoms. The highest BCUT2D eigenvalue weighted by Gasteiger charge is 2.21. The van der Waals surface area contributed by atoms with E-state index < -0.39 is 26.8 Å². The van der Waals surface area contributed by atoms with Crippen molar-refractivity contribution in [2.24, 2.45) is 0 Å². The first-order valence-electron chi connectivity index (χ1n) is 9.57. The Morgan fingerprint density at radius 2 is 1.68 bits per heavy atom. The molecule has 0 atom stereocenters. The van der Waals surface area contributed by atoms with Gasteiger partial charge in [0.05, 0.1) is 16.4 Å². The van der Waals surface area contributed by atoms with Crippen LogP contribution in [0.4, 0.5) is 5.69 Å². The summed E-state index contributed by atoms with van der Waals surface area (Å²) in [5.41, 5.74) is 0.549. The summed E-state index contributed by atoms with van der Waals surface area (Å²) in [6, 6.07) is 11.4. The molecule has 31 heavy (non-hydrogen) atoms. The predicted octanol–water partition coefficient (Wildman–Crippen LogP) is 1.67. The Labute approximate surface area is 180 Å². The molecule has 0 aliphatic carbocycles. The second-order valence-corrected chi connectivity index (χ2v) is 8.44.